The normalized spacial score (nSPS) is 12.9. The Bertz CT molecular complexity index is 172. The molecule has 2 nitrogen and oxygen atoms in total. The fourth-order valence-corrected chi connectivity index (χ4v) is 0.500. The Kier molecular flexibility index (Phi) is 4.26. The van der Waals surface area contributed by atoms with E-state index in [1.165, 1.54) is 12.2 Å². The molecule has 1 atom stereocenters. The summed E-state index contributed by atoms with van der Waals surface area (Å²) in [4.78, 5) is 10.7. The number of carbonyl (C=O) groups is 1. The van der Waals surface area contributed by atoms with Gasteiger partial charge in [0.25, 0.3) is 0 Å². The highest BCUT2D eigenvalue weighted by Gasteiger charge is 2.00. The number of rotatable bonds is 3. The molecule has 0 aromatic rings. The van der Waals surface area contributed by atoms with Crippen LogP contribution in [0.4, 0.5) is 0 Å². The van der Waals surface area contributed by atoms with Crippen molar-refractivity contribution in [2.45, 2.75) is 19.4 Å². The van der Waals surface area contributed by atoms with Gasteiger partial charge in [0.1, 0.15) is 0 Å². The zero-order chi connectivity index (χ0) is 7.98. The third-order valence-corrected chi connectivity index (χ3v) is 0.862. The lowest BCUT2D eigenvalue weighted by Crippen LogP contribution is -2.06. The monoisotopic (exact) mass is 138 g/mol. The molecule has 0 rings (SSSR count). The molecule has 0 saturated carbocycles. The van der Waals surface area contributed by atoms with Gasteiger partial charge in [-0.25, -0.2) is 0 Å². The van der Waals surface area contributed by atoms with E-state index >= 15 is 0 Å². The van der Waals surface area contributed by atoms with Crippen molar-refractivity contribution in [3.8, 4) is 12.3 Å². The Labute approximate surface area is 60.6 Å². The third-order valence-electron chi connectivity index (χ3n) is 0.862. The van der Waals surface area contributed by atoms with Gasteiger partial charge in [0, 0.05) is 6.42 Å². The first kappa shape index (κ1) is 8.93. The fraction of sp³-hybridized carbons (Fsp3) is 0.375. The van der Waals surface area contributed by atoms with Crippen molar-refractivity contribution in [3.63, 3.8) is 0 Å². The van der Waals surface area contributed by atoms with Crippen LogP contribution in [0.2, 0.25) is 0 Å². The Balaban J connectivity index is 3.67. The van der Waals surface area contributed by atoms with Crippen molar-refractivity contribution >= 4 is 5.78 Å². The van der Waals surface area contributed by atoms with Gasteiger partial charge in [-0.2, -0.15) is 0 Å². The van der Waals surface area contributed by atoms with E-state index in [2.05, 4.69) is 5.92 Å². The number of hydrogen-bond donors (Lipinski definition) is 1. The van der Waals surface area contributed by atoms with E-state index in [0.29, 0.717) is 0 Å². The predicted molar refractivity (Wildman–Crippen MR) is 39.3 cm³/mol. The molecule has 2 heteroatoms. The second-order valence-electron chi connectivity index (χ2n) is 2.02. The molecule has 0 spiro atoms. The molecule has 0 aromatic heterocycles. The van der Waals surface area contributed by atoms with Crippen LogP contribution in [-0.2, 0) is 4.79 Å². The summed E-state index contributed by atoms with van der Waals surface area (Å²) in [5.74, 6) is 2.04. The molecule has 10 heavy (non-hydrogen) atoms. The fourth-order valence-electron chi connectivity index (χ4n) is 0.500. The van der Waals surface area contributed by atoms with E-state index in [-0.39, 0.29) is 12.2 Å². The SMILES string of the molecule is C#C/C=C/C(=O)CC(C)O. The summed E-state index contributed by atoms with van der Waals surface area (Å²) >= 11 is 0. The van der Waals surface area contributed by atoms with Gasteiger partial charge in [0.2, 0.25) is 0 Å². The van der Waals surface area contributed by atoms with Gasteiger partial charge in [0.15, 0.2) is 5.78 Å². The van der Waals surface area contributed by atoms with E-state index in [1.807, 2.05) is 0 Å². The summed E-state index contributed by atoms with van der Waals surface area (Å²) in [6.45, 7) is 1.56. The second kappa shape index (κ2) is 4.78. The Hall–Kier alpha value is -1.07. The molecule has 0 aliphatic carbocycles. The molecule has 0 fully saturated rings. The van der Waals surface area contributed by atoms with Gasteiger partial charge in [0.05, 0.1) is 6.10 Å². The average Bonchev–Trinajstić information content (AvgIpc) is 1.82. The highest BCUT2D eigenvalue weighted by atomic mass is 16.3. The Morgan fingerprint density at radius 3 is 2.90 bits per heavy atom. The van der Waals surface area contributed by atoms with E-state index in [4.69, 9.17) is 11.5 Å². The maximum absolute atomic E-state index is 10.7. The third kappa shape index (κ3) is 5.07. The molecule has 0 bridgehead atoms. The first-order chi connectivity index (χ1) is 4.66. The Morgan fingerprint density at radius 1 is 1.90 bits per heavy atom. The highest BCUT2D eigenvalue weighted by Crippen LogP contribution is 1.91. The average molecular weight is 138 g/mol. The van der Waals surface area contributed by atoms with Crippen LogP contribution in [0.25, 0.3) is 0 Å². The highest BCUT2D eigenvalue weighted by molar-refractivity contribution is 5.90. The van der Waals surface area contributed by atoms with Crippen molar-refractivity contribution in [1.29, 1.82) is 0 Å². The predicted octanol–water partition coefficient (Wildman–Crippen LogP) is 0.516. The van der Waals surface area contributed by atoms with Gasteiger partial charge < -0.3 is 5.11 Å². The second-order valence-corrected chi connectivity index (χ2v) is 2.02. The molecule has 54 valence electrons. The molecular formula is C8H10O2. The zero-order valence-corrected chi connectivity index (χ0v) is 5.87. The van der Waals surface area contributed by atoms with Crippen LogP contribution in [0.15, 0.2) is 12.2 Å². The smallest absolute Gasteiger partial charge is 0.158 e. The van der Waals surface area contributed by atoms with Crippen LogP contribution in [0.1, 0.15) is 13.3 Å². The quantitative estimate of drug-likeness (QED) is 0.456. The lowest BCUT2D eigenvalue weighted by molar-refractivity contribution is -0.116. The molecule has 0 aromatic carbocycles. The standard InChI is InChI=1S/C8H10O2/c1-3-4-5-8(10)6-7(2)9/h1,4-5,7,9H,6H2,2H3/b5-4+. The van der Waals surface area contributed by atoms with Gasteiger partial charge in [-0.15, -0.1) is 6.42 Å². The largest absolute Gasteiger partial charge is 0.393 e. The number of carbonyl (C=O) groups excluding carboxylic acids is 1. The van der Waals surface area contributed by atoms with Gasteiger partial charge in [-0.05, 0) is 19.1 Å². The molecule has 0 saturated heterocycles. The number of terminal acetylenes is 1. The first-order valence-corrected chi connectivity index (χ1v) is 3.00. The minimum Gasteiger partial charge on any atom is -0.393 e. The van der Waals surface area contributed by atoms with Crippen molar-refractivity contribution < 1.29 is 9.90 Å². The van der Waals surface area contributed by atoms with Crippen molar-refractivity contribution in [1.82, 2.24) is 0 Å². The minimum atomic E-state index is -0.588. The molecule has 1 N–H and O–H groups in total. The number of hydrogen-bond acceptors (Lipinski definition) is 2. The molecule has 0 heterocycles. The number of allylic oxidation sites excluding steroid dienone is 2. The lowest BCUT2D eigenvalue weighted by Gasteiger charge is -1.96. The van der Waals surface area contributed by atoms with Gasteiger partial charge in [-0.1, -0.05) is 5.92 Å². The van der Waals surface area contributed by atoms with E-state index < -0.39 is 6.10 Å². The van der Waals surface area contributed by atoms with Crippen LogP contribution < -0.4 is 0 Å². The van der Waals surface area contributed by atoms with Crippen molar-refractivity contribution in [3.05, 3.63) is 12.2 Å². The van der Waals surface area contributed by atoms with Crippen LogP contribution in [0.3, 0.4) is 0 Å². The van der Waals surface area contributed by atoms with E-state index in [1.54, 1.807) is 6.92 Å². The molecule has 0 aliphatic rings. The molecule has 0 radical (unpaired) electrons. The summed E-state index contributed by atoms with van der Waals surface area (Å²) < 4.78 is 0. The topological polar surface area (TPSA) is 37.3 Å². The van der Waals surface area contributed by atoms with Crippen LogP contribution in [0, 0.1) is 12.3 Å². The van der Waals surface area contributed by atoms with E-state index in [0.717, 1.165) is 0 Å². The maximum Gasteiger partial charge on any atom is 0.158 e. The summed E-state index contributed by atoms with van der Waals surface area (Å²) in [5, 5.41) is 8.72. The molecule has 0 aliphatic heterocycles. The summed E-state index contributed by atoms with van der Waals surface area (Å²) in [6, 6.07) is 0. The Morgan fingerprint density at radius 2 is 2.50 bits per heavy atom. The van der Waals surface area contributed by atoms with Crippen LogP contribution >= 0.6 is 0 Å². The lowest BCUT2D eigenvalue weighted by atomic mass is 10.2. The summed E-state index contributed by atoms with van der Waals surface area (Å²) in [6.07, 6.45) is 7.01. The maximum atomic E-state index is 10.7. The van der Waals surface area contributed by atoms with Crippen molar-refractivity contribution in [2.75, 3.05) is 0 Å². The summed E-state index contributed by atoms with van der Waals surface area (Å²) in [7, 11) is 0. The van der Waals surface area contributed by atoms with Gasteiger partial charge >= 0.3 is 0 Å². The minimum absolute atomic E-state index is 0.137. The molecule has 1 unspecified atom stereocenters. The number of ketones is 1. The van der Waals surface area contributed by atoms with Crippen LogP contribution in [-0.4, -0.2) is 17.0 Å². The van der Waals surface area contributed by atoms with Crippen molar-refractivity contribution in [2.24, 2.45) is 0 Å². The summed E-state index contributed by atoms with van der Waals surface area (Å²) in [5.41, 5.74) is 0. The molecule has 0 amide bonds. The number of aliphatic hydroxyl groups excluding tert-OH is 1. The molecular weight excluding hydrogens is 128 g/mol. The zero-order valence-electron chi connectivity index (χ0n) is 5.87. The number of aliphatic hydroxyl groups is 1. The van der Waals surface area contributed by atoms with Gasteiger partial charge in [-0.3, -0.25) is 4.79 Å². The van der Waals surface area contributed by atoms with Crippen LogP contribution in [0.5, 0.6) is 0 Å². The first-order valence-electron chi connectivity index (χ1n) is 3.00. The van der Waals surface area contributed by atoms with E-state index in [9.17, 15) is 4.79 Å².